The minimum Gasteiger partial charge on any atom is -0.400 e. The summed E-state index contributed by atoms with van der Waals surface area (Å²) in [5.41, 5.74) is 0. The van der Waals surface area contributed by atoms with Gasteiger partial charge in [-0.1, -0.05) is 21.9 Å². The van der Waals surface area contributed by atoms with E-state index in [4.69, 9.17) is 20.5 Å². The lowest BCUT2D eigenvalue weighted by molar-refractivity contribution is -0.115. The molecule has 1 aromatic carbocycles. The van der Waals surface area contributed by atoms with E-state index in [0.29, 0.717) is 5.02 Å². The minimum absolute atomic E-state index is 0.0431. The molecule has 0 aliphatic rings. The topological polar surface area (TPSA) is 128 Å². The second-order valence-electron chi connectivity index (χ2n) is 4.86. The summed E-state index contributed by atoms with van der Waals surface area (Å²) in [6.07, 6.45) is 1.13. The highest BCUT2D eigenvalue weighted by Crippen LogP contribution is 2.19. The van der Waals surface area contributed by atoms with Crippen LogP contribution in [0.15, 0.2) is 50.4 Å². The number of nitrogens with zero attached hydrogens (tertiary/aromatic N) is 3. The van der Waals surface area contributed by atoms with E-state index in [1.807, 2.05) is 0 Å². The first kappa shape index (κ1) is 17.1. The molecule has 2 aromatic heterocycles. The van der Waals surface area contributed by atoms with E-state index in [9.17, 15) is 13.2 Å². The van der Waals surface area contributed by atoms with E-state index >= 15 is 0 Å². The SMILES string of the molecule is O=C(CCS(=O)(=O)c1ccc(Cl)cc1)Nc1nnc(-c2ccno2)o1. The van der Waals surface area contributed by atoms with Crippen molar-refractivity contribution in [2.24, 2.45) is 0 Å². The maximum absolute atomic E-state index is 12.2. The van der Waals surface area contributed by atoms with E-state index in [1.54, 1.807) is 0 Å². The van der Waals surface area contributed by atoms with Crippen molar-refractivity contribution in [1.29, 1.82) is 0 Å². The highest BCUT2D eigenvalue weighted by molar-refractivity contribution is 7.91. The fourth-order valence-corrected chi connectivity index (χ4v) is 3.23. The van der Waals surface area contributed by atoms with E-state index < -0.39 is 15.7 Å². The van der Waals surface area contributed by atoms with Crippen LogP contribution in [-0.2, 0) is 14.6 Å². The predicted molar refractivity (Wildman–Crippen MR) is 86.5 cm³/mol. The molecule has 25 heavy (non-hydrogen) atoms. The molecule has 0 aliphatic heterocycles. The molecule has 0 bridgehead atoms. The highest BCUT2D eigenvalue weighted by Gasteiger charge is 2.18. The quantitative estimate of drug-likeness (QED) is 0.686. The van der Waals surface area contributed by atoms with Gasteiger partial charge in [0, 0.05) is 17.5 Å². The van der Waals surface area contributed by atoms with E-state index in [2.05, 4.69) is 20.7 Å². The largest absolute Gasteiger partial charge is 0.400 e. The van der Waals surface area contributed by atoms with Gasteiger partial charge in [0.05, 0.1) is 16.8 Å². The van der Waals surface area contributed by atoms with E-state index in [0.717, 1.165) is 0 Å². The van der Waals surface area contributed by atoms with Crippen molar-refractivity contribution < 1.29 is 22.2 Å². The third-order valence-corrected chi connectivity index (χ3v) is 5.07. The molecule has 3 rings (SSSR count). The van der Waals surface area contributed by atoms with Crippen LogP contribution in [0, 0.1) is 0 Å². The van der Waals surface area contributed by atoms with Gasteiger partial charge in [0.2, 0.25) is 11.7 Å². The first-order valence-electron chi connectivity index (χ1n) is 6.97. The van der Waals surface area contributed by atoms with Gasteiger partial charge in [0.15, 0.2) is 9.84 Å². The van der Waals surface area contributed by atoms with Crippen molar-refractivity contribution in [2.75, 3.05) is 11.1 Å². The zero-order valence-corrected chi connectivity index (χ0v) is 14.1. The lowest BCUT2D eigenvalue weighted by Crippen LogP contribution is -2.17. The number of carbonyl (C=O) groups is 1. The van der Waals surface area contributed by atoms with Crippen molar-refractivity contribution in [3.05, 3.63) is 41.6 Å². The predicted octanol–water partition coefficient (Wildman–Crippen LogP) is 2.18. The number of nitrogens with one attached hydrogen (secondary N) is 1. The molecule has 0 radical (unpaired) electrons. The summed E-state index contributed by atoms with van der Waals surface area (Å²) in [5, 5.41) is 13.6. The Hall–Kier alpha value is -2.72. The minimum atomic E-state index is -3.60. The normalized spacial score (nSPS) is 11.4. The average Bonchev–Trinajstić information content (AvgIpc) is 3.25. The van der Waals surface area contributed by atoms with Gasteiger partial charge in [-0.3, -0.25) is 10.1 Å². The molecule has 3 aromatic rings. The zero-order valence-electron chi connectivity index (χ0n) is 12.5. The summed E-state index contributed by atoms with van der Waals surface area (Å²) >= 11 is 5.73. The Morgan fingerprint density at radius 1 is 1.16 bits per heavy atom. The van der Waals surface area contributed by atoms with Gasteiger partial charge in [-0.05, 0) is 24.3 Å². The second kappa shape index (κ2) is 7.03. The number of halogens is 1. The van der Waals surface area contributed by atoms with Crippen LogP contribution >= 0.6 is 11.6 Å². The lowest BCUT2D eigenvalue weighted by atomic mass is 10.4. The molecule has 0 fully saturated rings. The van der Waals surface area contributed by atoms with Crippen LogP contribution in [0.5, 0.6) is 0 Å². The number of aromatic nitrogens is 3. The molecule has 1 amide bonds. The third-order valence-electron chi connectivity index (χ3n) is 3.09. The summed E-state index contributed by atoms with van der Waals surface area (Å²) in [6.45, 7) is 0. The Kier molecular flexibility index (Phi) is 4.81. The van der Waals surface area contributed by atoms with Gasteiger partial charge >= 0.3 is 6.01 Å². The molecule has 0 saturated carbocycles. The number of sulfone groups is 1. The van der Waals surface area contributed by atoms with Crippen molar-refractivity contribution in [1.82, 2.24) is 15.4 Å². The van der Waals surface area contributed by atoms with Crippen LogP contribution in [-0.4, -0.2) is 35.4 Å². The molecule has 9 nitrogen and oxygen atoms in total. The van der Waals surface area contributed by atoms with Crippen LogP contribution in [0.25, 0.3) is 11.7 Å². The number of hydrogen-bond acceptors (Lipinski definition) is 8. The summed E-state index contributed by atoms with van der Waals surface area (Å²) in [4.78, 5) is 12.0. The summed E-state index contributed by atoms with van der Waals surface area (Å²) in [6, 6.07) is 7.06. The summed E-state index contributed by atoms with van der Waals surface area (Å²) in [7, 11) is -3.60. The number of amides is 1. The Labute approximate surface area is 146 Å². The molecule has 2 heterocycles. The van der Waals surface area contributed by atoms with Gasteiger partial charge in [0.1, 0.15) is 0 Å². The molecular formula is C14H11ClN4O5S. The number of rotatable bonds is 6. The Balaban J connectivity index is 1.58. The van der Waals surface area contributed by atoms with Crippen LogP contribution < -0.4 is 5.32 Å². The van der Waals surface area contributed by atoms with Gasteiger partial charge in [-0.25, -0.2) is 8.42 Å². The maximum atomic E-state index is 12.2. The molecule has 1 N–H and O–H groups in total. The van der Waals surface area contributed by atoms with Crippen LogP contribution in [0.3, 0.4) is 0 Å². The smallest absolute Gasteiger partial charge is 0.322 e. The van der Waals surface area contributed by atoms with Crippen molar-refractivity contribution in [3.63, 3.8) is 0 Å². The first-order chi connectivity index (χ1) is 11.9. The zero-order chi connectivity index (χ0) is 17.9. The van der Waals surface area contributed by atoms with Gasteiger partial charge in [-0.2, -0.15) is 0 Å². The molecule has 0 saturated heterocycles. The Morgan fingerprint density at radius 2 is 1.92 bits per heavy atom. The fourth-order valence-electron chi connectivity index (χ4n) is 1.87. The molecule has 0 aliphatic carbocycles. The van der Waals surface area contributed by atoms with E-state index in [-0.39, 0.29) is 34.7 Å². The van der Waals surface area contributed by atoms with Crippen LogP contribution in [0.4, 0.5) is 6.01 Å². The number of hydrogen-bond donors (Lipinski definition) is 1. The summed E-state index contributed by atoms with van der Waals surface area (Å²) in [5.74, 6) is -0.658. The molecule has 0 unspecified atom stereocenters. The monoisotopic (exact) mass is 382 g/mol. The lowest BCUT2D eigenvalue weighted by Gasteiger charge is -2.04. The van der Waals surface area contributed by atoms with Crippen LogP contribution in [0.2, 0.25) is 5.02 Å². The maximum Gasteiger partial charge on any atom is 0.322 e. The molecule has 130 valence electrons. The van der Waals surface area contributed by atoms with Crippen molar-refractivity contribution in [3.8, 4) is 11.7 Å². The summed E-state index contributed by atoms with van der Waals surface area (Å²) < 4.78 is 34.3. The number of carbonyl (C=O) groups excluding carboxylic acids is 1. The highest BCUT2D eigenvalue weighted by atomic mass is 35.5. The standard InChI is InChI=1S/C14H11ClN4O5S/c15-9-1-3-10(4-2-9)25(21,22)8-6-12(20)17-14-19-18-13(23-14)11-5-7-16-24-11/h1-5,7H,6,8H2,(H,17,19,20). The van der Waals surface area contributed by atoms with Crippen LogP contribution in [0.1, 0.15) is 6.42 Å². The number of benzene rings is 1. The third kappa shape index (κ3) is 4.22. The second-order valence-corrected chi connectivity index (χ2v) is 7.41. The molecule has 0 atom stereocenters. The molecule has 0 spiro atoms. The van der Waals surface area contributed by atoms with Gasteiger partial charge in [-0.15, -0.1) is 5.10 Å². The van der Waals surface area contributed by atoms with Crippen molar-refractivity contribution >= 4 is 33.4 Å². The Bertz CT molecular complexity index is 967. The number of anilines is 1. The first-order valence-corrected chi connectivity index (χ1v) is 9.00. The fraction of sp³-hybridized carbons (Fsp3) is 0.143. The van der Waals surface area contributed by atoms with Crippen molar-refractivity contribution in [2.45, 2.75) is 11.3 Å². The molecular weight excluding hydrogens is 372 g/mol. The average molecular weight is 383 g/mol. The van der Waals surface area contributed by atoms with Gasteiger partial charge < -0.3 is 8.94 Å². The molecule has 11 heteroatoms. The van der Waals surface area contributed by atoms with E-state index in [1.165, 1.54) is 36.5 Å². The van der Waals surface area contributed by atoms with Gasteiger partial charge in [0.25, 0.3) is 5.89 Å². The Morgan fingerprint density at radius 3 is 2.60 bits per heavy atom.